The number of nitrogens with one attached hydrogen (secondary N) is 1. The van der Waals surface area contributed by atoms with Gasteiger partial charge in [0.1, 0.15) is 5.82 Å². The van der Waals surface area contributed by atoms with Crippen molar-refractivity contribution in [3.05, 3.63) is 35.6 Å². The van der Waals surface area contributed by atoms with Crippen molar-refractivity contribution in [2.75, 3.05) is 13.1 Å². The van der Waals surface area contributed by atoms with E-state index < -0.39 is 0 Å². The van der Waals surface area contributed by atoms with Crippen molar-refractivity contribution >= 4 is 0 Å². The lowest BCUT2D eigenvalue weighted by Crippen LogP contribution is -2.45. The van der Waals surface area contributed by atoms with Crippen LogP contribution in [0.15, 0.2) is 24.3 Å². The zero-order valence-electron chi connectivity index (χ0n) is 8.04. The Morgan fingerprint density at radius 3 is 2.86 bits per heavy atom. The Morgan fingerprint density at radius 2 is 2.14 bits per heavy atom. The third kappa shape index (κ3) is 1.79. The minimum absolute atomic E-state index is 0.0284. The van der Waals surface area contributed by atoms with Crippen LogP contribution in [0.4, 0.5) is 4.39 Å². The predicted octanol–water partition coefficient (Wildman–Crippen LogP) is 1.23. The molecule has 0 aromatic heterocycles. The van der Waals surface area contributed by atoms with Crippen molar-refractivity contribution in [2.24, 2.45) is 5.73 Å². The van der Waals surface area contributed by atoms with Crippen molar-refractivity contribution in [1.29, 1.82) is 0 Å². The molecule has 2 nitrogen and oxygen atoms in total. The van der Waals surface area contributed by atoms with Crippen LogP contribution in [-0.2, 0) is 0 Å². The maximum absolute atomic E-state index is 13.5. The molecule has 0 amide bonds. The molecule has 1 fully saturated rings. The van der Waals surface area contributed by atoms with E-state index in [0.717, 1.165) is 25.1 Å². The molecule has 2 rings (SSSR count). The molecule has 0 aliphatic carbocycles. The van der Waals surface area contributed by atoms with Crippen LogP contribution in [-0.4, -0.2) is 19.1 Å². The Hall–Kier alpha value is -0.930. The lowest BCUT2D eigenvalue weighted by Gasteiger charge is -2.29. The monoisotopic (exact) mass is 194 g/mol. The van der Waals surface area contributed by atoms with Crippen LogP contribution < -0.4 is 11.1 Å². The van der Waals surface area contributed by atoms with E-state index in [0.29, 0.717) is 0 Å². The van der Waals surface area contributed by atoms with Crippen LogP contribution in [0.2, 0.25) is 0 Å². The summed E-state index contributed by atoms with van der Waals surface area (Å²) in [5, 5.41) is 3.21. The molecule has 0 saturated carbocycles. The van der Waals surface area contributed by atoms with Gasteiger partial charge in [-0.25, -0.2) is 4.39 Å². The van der Waals surface area contributed by atoms with Gasteiger partial charge in [-0.1, -0.05) is 18.2 Å². The van der Waals surface area contributed by atoms with E-state index in [1.165, 1.54) is 6.07 Å². The van der Waals surface area contributed by atoms with Crippen molar-refractivity contribution < 1.29 is 4.39 Å². The first-order valence-corrected chi connectivity index (χ1v) is 5.00. The molecule has 2 atom stereocenters. The third-order valence-corrected chi connectivity index (χ3v) is 2.83. The first-order chi connectivity index (χ1) is 6.79. The summed E-state index contributed by atoms with van der Waals surface area (Å²) in [4.78, 5) is 0. The van der Waals surface area contributed by atoms with E-state index in [4.69, 9.17) is 5.73 Å². The van der Waals surface area contributed by atoms with Gasteiger partial charge in [0.25, 0.3) is 0 Å². The molecule has 1 aliphatic heterocycles. The Labute approximate surface area is 83.3 Å². The van der Waals surface area contributed by atoms with Gasteiger partial charge < -0.3 is 11.1 Å². The highest BCUT2D eigenvalue weighted by Crippen LogP contribution is 2.26. The number of hydrogen-bond acceptors (Lipinski definition) is 2. The van der Waals surface area contributed by atoms with Gasteiger partial charge in [-0.3, -0.25) is 0 Å². The fourth-order valence-electron chi connectivity index (χ4n) is 2.04. The van der Waals surface area contributed by atoms with Gasteiger partial charge in [0.2, 0.25) is 0 Å². The second-order valence-electron chi connectivity index (χ2n) is 3.78. The standard InChI is InChI=1S/C11H15FN2/c12-10-4-2-1-3-8(10)9-5-6-14-7-11(9)13/h1-4,9,11,14H,5-7,13H2/t9-,11+/m1/s1. The zero-order valence-corrected chi connectivity index (χ0v) is 8.04. The summed E-state index contributed by atoms with van der Waals surface area (Å²) < 4.78 is 13.5. The van der Waals surface area contributed by atoms with Crippen molar-refractivity contribution in [3.8, 4) is 0 Å². The number of piperidine rings is 1. The fraction of sp³-hybridized carbons (Fsp3) is 0.455. The predicted molar refractivity (Wildman–Crippen MR) is 54.6 cm³/mol. The quantitative estimate of drug-likeness (QED) is 0.705. The van der Waals surface area contributed by atoms with Crippen LogP contribution in [0.3, 0.4) is 0 Å². The molecule has 0 bridgehead atoms. The van der Waals surface area contributed by atoms with Crippen molar-refractivity contribution in [1.82, 2.24) is 5.32 Å². The summed E-state index contributed by atoms with van der Waals surface area (Å²) in [6.45, 7) is 1.70. The van der Waals surface area contributed by atoms with Crippen molar-refractivity contribution in [3.63, 3.8) is 0 Å². The Bertz CT molecular complexity index is 314. The molecule has 0 unspecified atom stereocenters. The number of hydrogen-bond donors (Lipinski definition) is 2. The second-order valence-corrected chi connectivity index (χ2v) is 3.78. The number of benzene rings is 1. The average Bonchev–Trinajstić information content (AvgIpc) is 2.20. The minimum Gasteiger partial charge on any atom is -0.326 e. The summed E-state index contributed by atoms with van der Waals surface area (Å²) in [5.41, 5.74) is 6.72. The lowest BCUT2D eigenvalue weighted by molar-refractivity contribution is 0.392. The Kier molecular flexibility index (Phi) is 2.79. The van der Waals surface area contributed by atoms with Gasteiger partial charge in [-0.2, -0.15) is 0 Å². The van der Waals surface area contributed by atoms with Gasteiger partial charge in [0, 0.05) is 18.5 Å². The van der Waals surface area contributed by atoms with Crippen LogP contribution >= 0.6 is 0 Å². The van der Waals surface area contributed by atoms with Crippen LogP contribution in [0, 0.1) is 5.82 Å². The number of rotatable bonds is 1. The summed E-state index contributed by atoms with van der Waals surface area (Å²) in [5.74, 6) is 0.0345. The van der Waals surface area contributed by atoms with E-state index in [1.54, 1.807) is 6.07 Å². The molecule has 3 N–H and O–H groups in total. The molecule has 1 aliphatic rings. The molecule has 0 radical (unpaired) electrons. The topological polar surface area (TPSA) is 38.0 Å². The first-order valence-electron chi connectivity index (χ1n) is 5.00. The maximum Gasteiger partial charge on any atom is 0.126 e. The molecule has 1 saturated heterocycles. The molecular formula is C11H15FN2. The summed E-state index contributed by atoms with van der Waals surface area (Å²) >= 11 is 0. The summed E-state index contributed by atoms with van der Waals surface area (Å²) in [7, 11) is 0. The largest absolute Gasteiger partial charge is 0.326 e. The highest BCUT2D eigenvalue weighted by Gasteiger charge is 2.24. The van der Waals surface area contributed by atoms with Crippen LogP contribution in [0.1, 0.15) is 17.9 Å². The molecule has 76 valence electrons. The SMILES string of the molecule is N[C@H]1CNCC[C@@H]1c1ccccc1F. The highest BCUT2D eigenvalue weighted by atomic mass is 19.1. The van der Waals surface area contributed by atoms with Crippen molar-refractivity contribution in [2.45, 2.75) is 18.4 Å². The lowest BCUT2D eigenvalue weighted by atomic mass is 9.86. The van der Waals surface area contributed by atoms with E-state index in [9.17, 15) is 4.39 Å². The van der Waals surface area contributed by atoms with Gasteiger partial charge in [-0.05, 0) is 24.6 Å². The van der Waals surface area contributed by atoms with Gasteiger partial charge in [-0.15, -0.1) is 0 Å². The maximum atomic E-state index is 13.5. The van der Waals surface area contributed by atoms with Gasteiger partial charge in [0.05, 0.1) is 0 Å². The Balaban J connectivity index is 2.25. The number of halogens is 1. The smallest absolute Gasteiger partial charge is 0.126 e. The normalized spacial score (nSPS) is 27.6. The van der Waals surface area contributed by atoms with E-state index in [-0.39, 0.29) is 17.8 Å². The zero-order chi connectivity index (χ0) is 9.97. The van der Waals surface area contributed by atoms with Gasteiger partial charge >= 0.3 is 0 Å². The average molecular weight is 194 g/mol. The highest BCUT2D eigenvalue weighted by molar-refractivity contribution is 5.24. The Morgan fingerprint density at radius 1 is 1.36 bits per heavy atom. The third-order valence-electron chi connectivity index (χ3n) is 2.83. The second kappa shape index (κ2) is 4.07. The molecule has 1 heterocycles. The van der Waals surface area contributed by atoms with E-state index >= 15 is 0 Å². The van der Waals surface area contributed by atoms with E-state index in [2.05, 4.69) is 5.32 Å². The molecule has 1 aromatic carbocycles. The van der Waals surface area contributed by atoms with Crippen LogP contribution in [0.25, 0.3) is 0 Å². The summed E-state index contributed by atoms with van der Waals surface area (Å²) in [6, 6.07) is 6.95. The first kappa shape index (κ1) is 9.62. The molecule has 3 heteroatoms. The van der Waals surface area contributed by atoms with Gasteiger partial charge in [0.15, 0.2) is 0 Å². The minimum atomic E-state index is -0.130. The number of nitrogens with two attached hydrogens (primary N) is 1. The molecular weight excluding hydrogens is 179 g/mol. The molecule has 1 aromatic rings. The van der Waals surface area contributed by atoms with E-state index in [1.807, 2.05) is 12.1 Å². The fourth-order valence-corrected chi connectivity index (χ4v) is 2.04. The molecule has 14 heavy (non-hydrogen) atoms. The summed E-state index contributed by atoms with van der Waals surface area (Å²) in [6.07, 6.45) is 0.919. The molecule has 0 spiro atoms. The van der Waals surface area contributed by atoms with Crippen LogP contribution in [0.5, 0.6) is 0 Å².